The molecule has 1 aliphatic carbocycles. The van der Waals surface area contributed by atoms with E-state index in [9.17, 15) is 14.7 Å². The summed E-state index contributed by atoms with van der Waals surface area (Å²) in [4.78, 5) is 21.6. The fourth-order valence-electron chi connectivity index (χ4n) is 1.73. The molecule has 7 heteroatoms. The number of rotatable bonds is 4. The number of carboxylic acid groups (broad SMARTS) is 1. The van der Waals surface area contributed by atoms with Crippen LogP contribution in [-0.4, -0.2) is 52.1 Å². The first-order valence-electron chi connectivity index (χ1n) is 5.62. The lowest BCUT2D eigenvalue weighted by Crippen LogP contribution is -2.47. The molecule has 0 aliphatic heterocycles. The summed E-state index contributed by atoms with van der Waals surface area (Å²) in [5.41, 5.74) is 0. The van der Waals surface area contributed by atoms with Crippen LogP contribution >= 0.6 is 0 Å². The topological polar surface area (TPSA) is 119 Å². The van der Waals surface area contributed by atoms with E-state index in [1.807, 2.05) is 0 Å². The predicted octanol–water partition coefficient (Wildman–Crippen LogP) is -0.965. The molecule has 2 amide bonds. The van der Waals surface area contributed by atoms with Gasteiger partial charge in [0.15, 0.2) is 6.10 Å². The number of aliphatic hydroxyl groups excluding tert-OH is 2. The molecule has 1 atom stereocenters. The molecule has 0 saturated heterocycles. The van der Waals surface area contributed by atoms with Crippen molar-refractivity contribution < 1.29 is 24.9 Å². The molecule has 17 heavy (non-hydrogen) atoms. The van der Waals surface area contributed by atoms with Crippen molar-refractivity contribution in [2.45, 2.75) is 43.9 Å². The van der Waals surface area contributed by atoms with Gasteiger partial charge >= 0.3 is 12.0 Å². The number of amides is 2. The molecule has 0 spiro atoms. The number of hydrogen-bond donors (Lipinski definition) is 5. The summed E-state index contributed by atoms with van der Waals surface area (Å²) < 4.78 is 0. The fourth-order valence-corrected chi connectivity index (χ4v) is 1.73. The fraction of sp³-hybridized carbons (Fsp3) is 0.800. The van der Waals surface area contributed by atoms with Crippen LogP contribution in [0.5, 0.6) is 0 Å². The Bertz CT molecular complexity index is 276. The third kappa shape index (κ3) is 5.01. The van der Waals surface area contributed by atoms with E-state index in [4.69, 9.17) is 10.2 Å². The lowest BCUT2D eigenvalue weighted by molar-refractivity contribution is -0.146. The molecule has 0 aromatic heterocycles. The second-order valence-electron chi connectivity index (χ2n) is 4.21. The number of carboxylic acids is 1. The number of aliphatic carboxylic acids is 1. The molecule has 0 bridgehead atoms. The quantitative estimate of drug-likeness (QED) is 0.437. The van der Waals surface area contributed by atoms with Gasteiger partial charge in [-0.2, -0.15) is 0 Å². The van der Waals surface area contributed by atoms with Gasteiger partial charge in [0.1, 0.15) is 0 Å². The number of carbonyl (C=O) groups excluding carboxylic acids is 1. The van der Waals surface area contributed by atoms with Crippen LogP contribution in [0.25, 0.3) is 0 Å². The van der Waals surface area contributed by atoms with Gasteiger partial charge in [0.25, 0.3) is 0 Å². The molecule has 1 aliphatic rings. The minimum Gasteiger partial charge on any atom is -0.479 e. The van der Waals surface area contributed by atoms with Crippen molar-refractivity contribution in [2.24, 2.45) is 0 Å². The molecule has 1 unspecified atom stereocenters. The number of urea groups is 1. The zero-order chi connectivity index (χ0) is 12.8. The first kappa shape index (κ1) is 13.7. The van der Waals surface area contributed by atoms with E-state index in [2.05, 4.69) is 10.6 Å². The van der Waals surface area contributed by atoms with Crippen LogP contribution in [0.15, 0.2) is 0 Å². The number of carbonyl (C=O) groups is 2. The number of hydrogen-bond acceptors (Lipinski definition) is 4. The van der Waals surface area contributed by atoms with Crippen molar-refractivity contribution in [1.29, 1.82) is 0 Å². The van der Waals surface area contributed by atoms with Crippen LogP contribution in [0.1, 0.15) is 25.7 Å². The summed E-state index contributed by atoms with van der Waals surface area (Å²) in [7, 11) is 0. The largest absolute Gasteiger partial charge is 0.479 e. The highest BCUT2D eigenvalue weighted by Gasteiger charge is 2.21. The Morgan fingerprint density at radius 3 is 2.35 bits per heavy atom. The first-order valence-corrected chi connectivity index (χ1v) is 5.62. The molecule has 1 fully saturated rings. The van der Waals surface area contributed by atoms with Crippen molar-refractivity contribution in [1.82, 2.24) is 10.6 Å². The van der Waals surface area contributed by atoms with E-state index in [0.29, 0.717) is 25.7 Å². The molecule has 5 N–H and O–H groups in total. The van der Waals surface area contributed by atoms with Crippen LogP contribution < -0.4 is 10.6 Å². The maximum absolute atomic E-state index is 11.3. The second-order valence-corrected chi connectivity index (χ2v) is 4.21. The highest BCUT2D eigenvalue weighted by molar-refractivity contribution is 5.76. The van der Waals surface area contributed by atoms with Crippen LogP contribution in [0, 0.1) is 0 Å². The Hall–Kier alpha value is -1.34. The van der Waals surface area contributed by atoms with E-state index < -0.39 is 18.1 Å². The van der Waals surface area contributed by atoms with Gasteiger partial charge in [0.2, 0.25) is 0 Å². The van der Waals surface area contributed by atoms with Gasteiger partial charge in [0.05, 0.1) is 12.6 Å². The average Bonchev–Trinajstić information content (AvgIpc) is 2.29. The molecule has 0 aromatic rings. The van der Waals surface area contributed by atoms with Crippen molar-refractivity contribution in [2.75, 3.05) is 6.54 Å². The zero-order valence-corrected chi connectivity index (χ0v) is 9.43. The number of aliphatic hydroxyl groups is 2. The molecular formula is C10H18N2O5. The molecule has 7 nitrogen and oxygen atoms in total. The van der Waals surface area contributed by atoms with Gasteiger partial charge in [0, 0.05) is 6.04 Å². The minimum atomic E-state index is -1.59. The Morgan fingerprint density at radius 1 is 1.24 bits per heavy atom. The summed E-state index contributed by atoms with van der Waals surface area (Å²) >= 11 is 0. The van der Waals surface area contributed by atoms with Crippen LogP contribution in [-0.2, 0) is 4.79 Å². The summed E-state index contributed by atoms with van der Waals surface area (Å²) in [5, 5.41) is 31.6. The van der Waals surface area contributed by atoms with Crippen LogP contribution in [0.4, 0.5) is 4.79 Å². The van der Waals surface area contributed by atoms with Gasteiger partial charge in [-0.1, -0.05) is 0 Å². The summed E-state index contributed by atoms with van der Waals surface area (Å²) in [6, 6.07) is -0.493. The normalized spacial score (nSPS) is 26.0. The maximum atomic E-state index is 11.3. The van der Waals surface area contributed by atoms with E-state index in [0.717, 1.165) is 0 Å². The summed E-state index contributed by atoms with van der Waals surface area (Å²) in [6.45, 7) is -0.323. The molecular weight excluding hydrogens is 228 g/mol. The molecule has 1 rings (SSSR count). The lowest BCUT2D eigenvalue weighted by Gasteiger charge is -2.26. The smallest absolute Gasteiger partial charge is 0.334 e. The predicted molar refractivity (Wildman–Crippen MR) is 58.4 cm³/mol. The van der Waals surface area contributed by atoms with Gasteiger partial charge in [-0.25, -0.2) is 9.59 Å². The van der Waals surface area contributed by atoms with Crippen LogP contribution in [0.2, 0.25) is 0 Å². The molecule has 0 heterocycles. The van der Waals surface area contributed by atoms with E-state index in [1.54, 1.807) is 0 Å². The van der Waals surface area contributed by atoms with Crippen molar-refractivity contribution in [3.05, 3.63) is 0 Å². The minimum absolute atomic E-state index is 0.000343. The van der Waals surface area contributed by atoms with Gasteiger partial charge in [-0.15, -0.1) is 0 Å². The second kappa shape index (κ2) is 6.41. The highest BCUT2D eigenvalue weighted by atomic mass is 16.4. The standard InChI is InChI=1S/C10H18N2O5/c13-7-3-1-6(2-4-7)12-10(17)11-5-8(14)9(15)16/h6-8,13-14H,1-5H2,(H,15,16)(H2,11,12,17). The lowest BCUT2D eigenvalue weighted by atomic mass is 9.93. The molecule has 0 radical (unpaired) electrons. The van der Waals surface area contributed by atoms with Crippen LogP contribution in [0.3, 0.4) is 0 Å². The third-order valence-corrected chi connectivity index (χ3v) is 2.77. The maximum Gasteiger partial charge on any atom is 0.334 e. The van der Waals surface area contributed by atoms with Gasteiger partial charge in [-0.3, -0.25) is 0 Å². The van der Waals surface area contributed by atoms with E-state index in [-0.39, 0.29) is 18.7 Å². The average molecular weight is 246 g/mol. The van der Waals surface area contributed by atoms with E-state index >= 15 is 0 Å². The SMILES string of the molecule is O=C(NCC(O)C(=O)O)NC1CCC(O)CC1. The van der Waals surface area contributed by atoms with Gasteiger partial charge in [-0.05, 0) is 25.7 Å². The van der Waals surface area contributed by atoms with Crippen molar-refractivity contribution >= 4 is 12.0 Å². The zero-order valence-electron chi connectivity index (χ0n) is 9.43. The Labute approximate surface area is 98.8 Å². The first-order chi connectivity index (χ1) is 7.99. The monoisotopic (exact) mass is 246 g/mol. The third-order valence-electron chi connectivity index (χ3n) is 2.77. The Balaban J connectivity index is 2.19. The summed E-state index contributed by atoms with van der Waals surface area (Å²) in [5.74, 6) is -1.37. The molecule has 98 valence electrons. The van der Waals surface area contributed by atoms with Crippen molar-refractivity contribution in [3.8, 4) is 0 Å². The Morgan fingerprint density at radius 2 is 1.82 bits per heavy atom. The van der Waals surface area contributed by atoms with E-state index in [1.165, 1.54) is 0 Å². The Kier molecular flexibility index (Phi) is 5.17. The molecule has 1 saturated carbocycles. The molecule has 0 aromatic carbocycles. The number of nitrogens with one attached hydrogen (secondary N) is 2. The van der Waals surface area contributed by atoms with Crippen molar-refractivity contribution in [3.63, 3.8) is 0 Å². The summed E-state index contributed by atoms with van der Waals surface area (Å²) in [6.07, 6.45) is 0.844. The van der Waals surface area contributed by atoms with Gasteiger partial charge < -0.3 is 26.0 Å². The highest BCUT2D eigenvalue weighted by Crippen LogP contribution is 2.17.